The summed E-state index contributed by atoms with van der Waals surface area (Å²) in [6.45, 7) is 3.06. The average Bonchev–Trinajstić information content (AvgIpc) is 2.36. The number of fused-ring (bicyclic) bond motifs is 3. The lowest BCUT2D eigenvalue weighted by Crippen LogP contribution is -2.50. The Morgan fingerprint density at radius 3 is 3.22 bits per heavy atom. The zero-order valence-corrected chi connectivity index (χ0v) is 10.2. The van der Waals surface area contributed by atoms with Gasteiger partial charge in [-0.2, -0.15) is 5.26 Å². The predicted octanol–water partition coefficient (Wildman–Crippen LogP) is 1.08. The van der Waals surface area contributed by atoms with E-state index < -0.39 is 0 Å². The first-order valence-electron chi connectivity index (χ1n) is 6.14. The van der Waals surface area contributed by atoms with Crippen LogP contribution < -0.4 is 5.32 Å². The van der Waals surface area contributed by atoms with E-state index in [1.807, 2.05) is 18.5 Å². The molecular formula is C13H15N4O+. The standard InChI is InChI=1S/C13H15N4O/c1-9-5-17(18)7-10-6-16(8-14)13-11(12(9)10)3-2-4-15-13/h2-4,6,9,12-13,15H,5,7H2,1H3/q+1. The van der Waals surface area contributed by atoms with Crippen LogP contribution in [0.3, 0.4) is 0 Å². The molecule has 92 valence electrons. The third-order valence-corrected chi connectivity index (χ3v) is 3.83. The van der Waals surface area contributed by atoms with Crippen molar-refractivity contribution in [3.63, 3.8) is 0 Å². The Balaban J connectivity index is 2.07. The van der Waals surface area contributed by atoms with E-state index in [9.17, 15) is 10.2 Å². The number of nitroso groups, excluding NO2 is 1. The first kappa shape index (κ1) is 11.0. The molecule has 18 heavy (non-hydrogen) atoms. The molecule has 1 saturated heterocycles. The van der Waals surface area contributed by atoms with Gasteiger partial charge in [-0.25, -0.2) is 0 Å². The molecule has 1 N–H and O–H groups in total. The maximum atomic E-state index is 11.6. The summed E-state index contributed by atoms with van der Waals surface area (Å²) in [5.74, 6) is 0.563. The van der Waals surface area contributed by atoms with Crippen LogP contribution in [0.4, 0.5) is 0 Å². The second-order valence-corrected chi connectivity index (χ2v) is 5.08. The van der Waals surface area contributed by atoms with Crippen LogP contribution >= 0.6 is 0 Å². The first-order chi connectivity index (χ1) is 8.70. The molecule has 0 aromatic heterocycles. The molecule has 3 rings (SSSR count). The summed E-state index contributed by atoms with van der Waals surface area (Å²) >= 11 is 0. The van der Waals surface area contributed by atoms with E-state index in [1.165, 1.54) is 5.57 Å². The molecule has 0 aromatic rings. The van der Waals surface area contributed by atoms with Crippen LogP contribution in [0.5, 0.6) is 0 Å². The van der Waals surface area contributed by atoms with Crippen LogP contribution in [0.15, 0.2) is 35.7 Å². The van der Waals surface area contributed by atoms with Gasteiger partial charge in [0.05, 0.1) is 0 Å². The number of piperidine rings is 1. The van der Waals surface area contributed by atoms with Crippen LogP contribution in [-0.2, 0) is 0 Å². The number of hydrogen-bond acceptors (Lipinski definition) is 4. The fourth-order valence-electron chi connectivity index (χ4n) is 3.17. The van der Waals surface area contributed by atoms with Crippen LogP contribution in [0.2, 0.25) is 0 Å². The average molecular weight is 243 g/mol. The van der Waals surface area contributed by atoms with Crippen molar-refractivity contribution in [2.75, 3.05) is 13.1 Å². The molecule has 1 fully saturated rings. The van der Waals surface area contributed by atoms with Crippen molar-refractivity contribution in [2.24, 2.45) is 11.8 Å². The number of allylic oxidation sites excluding steroid dienone is 2. The summed E-state index contributed by atoms with van der Waals surface area (Å²) in [5.41, 5.74) is 2.24. The summed E-state index contributed by atoms with van der Waals surface area (Å²) in [7, 11) is 0. The van der Waals surface area contributed by atoms with E-state index in [1.54, 1.807) is 4.90 Å². The molecule has 5 heteroatoms. The van der Waals surface area contributed by atoms with Crippen molar-refractivity contribution in [1.82, 2.24) is 10.2 Å². The fraction of sp³-hybridized carbons (Fsp3) is 0.462. The van der Waals surface area contributed by atoms with Crippen molar-refractivity contribution in [2.45, 2.75) is 13.1 Å². The van der Waals surface area contributed by atoms with Gasteiger partial charge in [-0.15, -0.1) is 0 Å². The highest BCUT2D eigenvalue weighted by Crippen LogP contribution is 2.39. The number of dihydropyridines is 1. The first-order valence-corrected chi connectivity index (χ1v) is 6.14. The van der Waals surface area contributed by atoms with E-state index in [0.717, 1.165) is 10.3 Å². The smallest absolute Gasteiger partial charge is 0.215 e. The van der Waals surface area contributed by atoms with Gasteiger partial charge >= 0.3 is 0 Å². The Hall–Kier alpha value is -2.09. The summed E-state index contributed by atoms with van der Waals surface area (Å²) in [5, 5.41) is 12.4. The second kappa shape index (κ2) is 3.98. The molecule has 0 amide bonds. The van der Waals surface area contributed by atoms with Gasteiger partial charge in [-0.05, 0) is 17.8 Å². The zero-order chi connectivity index (χ0) is 12.7. The van der Waals surface area contributed by atoms with Crippen molar-refractivity contribution in [3.8, 4) is 6.19 Å². The van der Waals surface area contributed by atoms with Gasteiger partial charge in [-0.3, -0.25) is 4.90 Å². The summed E-state index contributed by atoms with van der Waals surface area (Å²) < 4.78 is 1.08. The van der Waals surface area contributed by atoms with Gasteiger partial charge in [0.2, 0.25) is 6.54 Å². The molecule has 0 aliphatic carbocycles. The summed E-state index contributed by atoms with van der Waals surface area (Å²) in [6.07, 6.45) is 9.79. The number of hydrogen-bond donors (Lipinski definition) is 1. The van der Waals surface area contributed by atoms with Gasteiger partial charge in [0.15, 0.2) is 12.7 Å². The second-order valence-electron chi connectivity index (χ2n) is 5.08. The fourth-order valence-corrected chi connectivity index (χ4v) is 3.17. The summed E-state index contributed by atoms with van der Waals surface area (Å²) in [6, 6.07) is 0. The highest BCUT2D eigenvalue weighted by molar-refractivity contribution is 5.37. The van der Waals surface area contributed by atoms with Gasteiger partial charge in [0.1, 0.15) is 6.17 Å². The third-order valence-electron chi connectivity index (χ3n) is 3.83. The van der Waals surface area contributed by atoms with Crippen LogP contribution in [0, 0.1) is 28.2 Å². The Morgan fingerprint density at radius 1 is 1.61 bits per heavy atom. The minimum atomic E-state index is -0.0885. The van der Waals surface area contributed by atoms with Gasteiger partial charge < -0.3 is 5.32 Å². The molecule has 3 heterocycles. The lowest BCUT2D eigenvalue weighted by atomic mass is 9.75. The predicted molar refractivity (Wildman–Crippen MR) is 65.7 cm³/mol. The topological polar surface area (TPSA) is 59.1 Å². The van der Waals surface area contributed by atoms with Crippen LogP contribution in [0.25, 0.3) is 0 Å². The maximum Gasteiger partial charge on any atom is 0.215 e. The number of nitrogens with zero attached hydrogens (tertiary/aromatic N) is 3. The Kier molecular flexibility index (Phi) is 2.44. The molecule has 0 saturated carbocycles. The normalized spacial score (nSPS) is 33.7. The van der Waals surface area contributed by atoms with E-state index >= 15 is 0 Å². The van der Waals surface area contributed by atoms with E-state index in [0.29, 0.717) is 13.1 Å². The van der Waals surface area contributed by atoms with Gasteiger partial charge in [0.25, 0.3) is 0 Å². The van der Waals surface area contributed by atoms with Crippen molar-refractivity contribution < 1.29 is 4.76 Å². The Bertz CT molecular complexity index is 526. The van der Waals surface area contributed by atoms with E-state index in [4.69, 9.17) is 0 Å². The van der Waals surface area contributed by atoms with Crippen LogP contribution in [-0.4, -0.2) is 28.9 Å². The molecule has 5 nitrogen and oxygen atoms in total. The molecule has 0 aromatic carbocycles. The van der Waals surface area contributed by atoms with Crippen molar-refractivity contribution in [1.29, 1.82) is 5.26 Å². The molecule has 3 aliphatic rings. The molecule has 0 radical (unpaired) electrons. The number of nitriles is 1. The largest absolute Gasteiger partial charge is 0.367 e. The molecule has 0 bridgehead atoms. The lowest BCUT2D eigenvalue weighted by Gasteiger charge is -2.41. The van der Waals surface area contributed by atoms with Crippen molar-refractivity contribution in [3.05, 3.63) is 40.6 Å². The minimum Gasteiger partial charge on any atom is -0.367 e. The molecule has 3 unspecified atom stereocenters. The molecule has 3 aliphatic heterocycles. The van der Waals surface area contributed by atoms with E-state index in [-0.39, 0.29) is 18.0 Å². The Morgan fingerprint density at radius 2 is 2.44 bits per heavy atom. The highest BCUT2D eigenvalue weighted by Gasteiger charge is 2.44. The monoisotopic (exact) mass is 243 g/mol. The zero-order valence-electron chi connectivity index (χ0n) is 10.2. The maximum absolute atomic E-state index is 11.6. The highest BCUT2D eigenvalue weighted by atomic mass is 16.3. The SMILES string of the molecule is CC1C[N+](=O)CC2=CN(C#N)C3NC=CC=C3C21. The van der Waals surface area contributed by atoms with Gasteiger partial charge in [-0.1, -0.05) is 13.0 Å². The third kappa shape index (κ3) is 1.53. The molecule has 0 spiro atoms. The lowest BCUT2D eigenvalue weighted by molar-refractivity contribution is -0.557. The summed E-state index contributed by atoms with van der Waals surface area (Å²) in [4.78, 5) is 13.2. The van der Waals surface area contributed by atoms with Gasteiger partial charge in [0, 0.05) is 33.3 Å². The number of rotatable bonds is 0. The van der Waals surface area contributed by atoms with Crippen molar-refractivity contribution >= 4 is 0 Å². The quantitative estimate of drug-likeness (QED) is 0.511. The molecular weight excluding hydrogens is 228 g/mol. The van der Waals surface area contributed by atoms with E-state index in [2.05, 4.69) is 24.5 Å². The number of nitrogens with one attached hydrogen (secondary N) is 1. The van der Waals surface area contributed by atoms with Crippen LogP contribution in [0.1, 0.15) is 6.92 Å². The minimum absolute atomic E-state index is 0.0885. The molecule has 3 atom stereocenters. The Labute approximate surface area is 106 Å².